The molecule has 23 heavy (non-hydrogen) atoms. The molecule has 0 saturated carbocycles. The first-order valence-electron chi connectivity index (χ1n) is 7.49. The van der Waals surface area contributed by atoms with E-state index in [1.54, 1.807) is 0 Å². The van der Waals surface area contributed by atoms with Crippen molar-refractivity contribution in [3.63, 3.8) is 0 Å². The van der Waals surface area contributed by atoms with E-state index in [9.17, 15) is 0 Å². The van der Waals surface area contributed by atoms with Crippen molar-refractivity contribution in [2.75, 3.05) is 26.0 Å². The molecule has 0 saturated heterocycles. The Labute approximate surface area is 148 Å². The van der Waals surface area contributed by atoms with E-state index in [2.05, 4.69) is 53.9 Å². The highest BCUT2D eigenvalue weighted by Gasteiger charge is 2.14. The normalized spacial score (nSPS) is 12.0. The first kappa shape index (κ1) is 17.7. The van der Waals surface area contributed by atoms with Crippen molar-refractivity contribution in [3.8, 4) is 0 Å². The molecule has 3 nitrogen and oxygen atoms in total. The Morgan fingerprint density at radius 3 is 2.48 bits per heavy atom. The number of anilines is 1. The summed E-state index contributed by atoms with van der Waals surface area (Å²) < 4.78 is 0. The lowest BCUT2D eigenvalue weighted by Crippen LogP contribution is -2.36. The second-order valence-corrected chi connectivity index (χ2v) is 6.50. The standard InChI is InChI=1S/C18H22ClN3S/c1-13-9-10-15(11-16(13)19)21-18(23)20-12-17(22(2)3)14-7-5-4-6-8-14/h4-11,17H,12H2,1-3H3,(H2,20,21,23). The van der Waals surface area contributed by atoms with Crippen LogP contribution in [-0.2, 0) is 0 Å². The van der Waals surface area contributed by atoms with Crippen LogP contribution in [0.15, 0.2) is 48.5 Å². The zero-order valence-electron chi connectivity index (χ0n) is 13.6. The number of likely N-dealkylation sites (N-methyl/N-ethyl adjacent to an activating group) is 1. The van der Waals surface area contributed by atoms with Crippen molar-refractivity contribution in [1.82, 2.24) is 10.2 Å². The van der Waals surface area contributed by atoms with Gasteiger partial charge in [0.15, 0.2) is 5.11 Å². The van der Waals surface area contributed by atoms with E-state index in [0.29, 0.717) is 5.11 Å². The van der Waals surface area contributed by atoms with Crippen molar-refractivity contribution >= 4 is 34.6 Å². The molecular weight excluding hydrogens is 326 g/mol. The number of aryl methyl sites for hydroxylation is 1. The quantitative estimate of drug-likeness (QED) is 0.791. The summed E-state index contributed by atoms with van der Waals surface area (Å²) >= 11 is 11.5. The molecule has 2 aromatic rings. The molecule has 0 bridgehead atoms. The second-order valence-electron chi connectivity index (χ2n) is 5.69. The lowest BCUT2D eigenvalue weighted by atomic mass is 10.1. The summed E-state index contributed by atoms with van der Waals surface area (Å²) in [5, 5.41) is 7.77. The summed E-state index contributed by atoms with van der Waals surface area (Å²) in [6.07, 6.45) is 0. The first-order valence-corrected chi connectivity index (χ1v) is 8.28. The summed E-state index contributed by atoms with van der Waals surface area (Å²) in [6.45, 7) is 2.70. The van der Waals surface area contributed by atoms with Gasteiger partial charge in [-0.15, -0.1) is 0 Å². The van der Waals surface area contributed by atoms with Gasteiger partial charge >= 0.3 is 0 Å². The average Bonchev–Trinajstić information content (AvgIpc) is 2.52. The fourth-order valence-electron chi connectivity index (χ4n) is 2.31. The predicted octanol–water partition coefficient (Wildman–Crippen LogP) is 4.24. The zero-order chi connectivity index (χ0) is 16.8. The van der Waals surface area contributed by atoms with E-state index >= 15 is 0 Å². The molecule has 0 heterocycles. The highest BCUT2D eigenvalue weighted by atomic mass is 35.5. The van der Waals surface area contributed by atoms with Gasteiger partial charge in [0.05, 0.1) is 6.04 Å². The maximum absolute atomic E-state index is 6.14. The Kier molecular flexibility index (Phi) is 6.39. The third-order valence-corrected chi connectivity index (χ3v) is 4.35. The molecule has 0 aliphatic rings. The fourth-order valence-corrected chi connectivity index (χ4v) is 2.69. The van der Waals surface area contributed by atoms with Crippen LogP contribution in [0, 0.1) is 6.92 Å². The maximum Gasteiger partial charge on any atom is 0.170 e. The van der Waals surface area contributed by atoms with Crippen LogP contribution in [0.1, 0.15) is 17.2 Å². The number of nitrogens with one attached hydrogen (secondary N) is 2. The van der Waals surface area contributed by atoms with Gasteiger partial charge in [-0.1, -0.05) is 48.0 Å². The number of thiocarbonyl (C=S) groups is 1. The van der Waals surface area contributed by atoms with E-state index < -0.39 is 0 Å². The second kappa shape index (κ2) is 8.29. The molecule has 2 N–H and O–H groups in total. The van der Waals surface area contributed by atoms with Crippen LogP contribution in [0.25, 0.3) is 0 Å². The van der Waals surface area contributed by atoms with Gasteiger partial charge in [0.1, 0.15) is 0 Å². The molecule has 0 aliphatic carbocycles. The van der Waals surface area contributed by atoms with Gasteiger partial charge in [0, 0.05) is 17.3 Å². The summed E-state index contributed by atoms with van der Waals surface area (Å²) in [5.41, 5.74) is 3.19. The minimum absolute atomic E-state index is 0.248. The molecule has 1 unspecified atom stereocenters. The molecule has 5 heteroatoms. The topological polar surface area (TPSA) is 27.3 Å². The van der Waals surface area contributed by atoms with Crippen molar-refractivity contribution in [1.29, 1.82) is 0 Å². The van der Waals surface area contributed by atoms with E-state index in [1.165, 1.54) is 5.56 Å². The minimum atomic E-state index is 0.248. The average molecular weight is 348 g/mol. The van der Waals surface area contributed by atoms with Crippen molar-refractivity contribution in [2.45, 2.75) is 13.0 Å². The number of nitrogens with zero attached hydrogens (tertiary/aromatic N) is 1. The molecule has 2 aromatic carbocycles. The van der Waals surface area contributed by atoms with E-state index in [-0.39, 0.29) is 6.04 Å². The van der Waals surface area contributed by atoms with Crippen LogP contribution in [0.3, 0.4) is 0 Å². The third kappa shape index (κ3) is 5.20. The minimum Gasteiger partial charge on any atom is -0.361 e. The van der Waals surface area contributed by atoms with Gasteiger partial charge in [0.25, 0.3) is 0 Å². The van der Waals surface area contributed by atoms with Gasteiger partial charge in [-0.3, -0.25) is 0 Å². The highest BCUT2D eigenvalue weighted by Crippen LogP contribution is 2.20. The molecule has 0 aromatic heterocycles. The maximum atomic E-state index is 6.14. The number of hydrogen-bond donors (Lipinski definition) is 2. The largest absolute Gasteiger partial charge is 0.361 e. The molecular formula is C18H22ClN3S. The number of hydrogen-bond acceptors (Lipinski definition) is 2. The Morgan fingerprint density at radius 1 is 1.17 bits per heavy atom. The molecule has 0 fully saturated rings. The zero-order valence-corrected chi connectivity index (χ0v) is 15.2. The highest BCUT2D eigenvalue weighted by molar-refractivity contribution is 7.80. The first-order chi connectivity index (χ1) is 11.0. The number of halogens is 1. The summed E-state index contributed by atoms with van der Waals surface area (Å²) in [7, 11) is 4.13. The molecule has 0 spiro atoms. The van der Waals surface area contributed by atoms with Crippen LogP contribution >= 0.6 is 23.8 Å². The Balaban J connectivity index is 1.95. The summed E-state index contributed by atoms with van der Waals surface area (Å²) in [4.78, 5) is 2.17. The fraction of sp³-hybridized carbons (Fsp3) is 0.278. The predicted molar refractivity (Wildman–Crippen MR) is 103 cm³/mol. The van der Waals surface area contributed by atoms with E-state index in [0.717, 1.165) is 22.8 Å². The molecule has 0 aliphatic heterocycles. The summed E-state index contributed by atoms with van der Waals surface area (Å²) in [5.74, 6) is 0. The Bertz CT molecular complexity index is 659. The van der Waals surface area contributed by atoms with Crippen LogP contribution in [0.4, 0.5) is 5.69 Å². The number of rotatable bonds is 5. The molecule has 0 radical (unpaired) electrons. The van der Waals surface area contributed by atoms with Crippen LogP contribution < -0.4 is 10.6 Å². The van der Waals surface area contributed by atoms with Crippen molar-refractivity contribution in [3.05, 3.63) is 64.7 Å². The van der Waals surface area contributed by atoms with E-state index in [1.807, 2.05) is 31.2 Å². The van der Waals surface area contributed by atoms with E-state index in [4.69, 9.17) is 23.8 Å². The van der Waals surface area contributed by atoms with Crippen molar-refractivity contribution in [2.24, 2.45) is 0 Å². The monoisotopic (exact) mass is 347 g/mol. The smallest absolute Gasteiger partial charge is 0.170 e. The third-order valence-electron chi connectivity index (χ3n) is 3.69. The van der Waals surface area contributed by atoms with Gasteiger partial charge in [-0.05, 0) is 56.5 Å². The van der Waals surface area contributed by atoms with Crippen LogP contribution in [0.2, 0.25) is 5.02 Å². The van der Waals surface area contributed by atoms with Gasteiger partial charge in [-0.2, -0.15) is 0 Å². The molecule has 1 atom stereocenters. The molecule has 2 rings (SSSR count). The lowest BCUT2D eigenvalue weighted by Gasteiger charge is -2.25. The van der Waals surface area contributed by atoms with Gasteiger partial charge in [-0.25, -0.2) is 0 Å². The molecule has 122 valence electrons. The SMILES string of the molecule is Cc1ccc(NC(=S)NCC(c2ccccc2)N(C)C)cc1Cl. The lowest BCUT2D eigenvalue weighted by molar-refractivity contribution is 0.299. The summed E-state index contributed by atoms with van der Waals surface area (Å²) in [6, 6.07) is 16.5. The Morgan fingerprint density at radius 2 is 1.87 bits per heavy atom. The Hall–Kier alpha value is -1.62. The molecule has 0 amide bonds. The van der Waals surface area contributed by atoms with Crippen LogP contribution in [-0.4, -0.2) is 30.7 Å². The van der Waals surface area contributed by atoms with Crippen LogP contribution in [0.5, 0.6) is 0 Å². The van der Waals surface area contributed by atoms with Crippen molar-refractivity contribution < 1.29 is 0 Å². The van der Waals surface area contributed by atoms with Gasteiger partial charge < -0.3 is 15.5 Å². The number of benzene rings is 2. The van der Waals surface area contributed by atoms with Gasteiger partial charge in [0.2, 0.25) is 0 Å².